The van der Waals surface area contributed by atoms with Crippen molar-refractivity contribution in [1.82, 2.24) is 5.32 Å². The van der Waals surface area contributed by atoms with Crippen LogP contribution in [0.2, 0.25) is 0 Å². The van der Waals surface area contributed by atoms with Crippen molar-refractivity contribution < 1.29 is 9.90 Å². The lowest BCUT2D eigenvalue weighted by Crippen LogP contribution is -2.56. The Bertz CT molecular complexity index is 352. The van der Waals surface area contributed by atoms with Gasteiger partial charge in [0.05, 0.1) is 5.41 Å². The predicted octanol–water partition coefficient (Wildman–Crippen LogP) is 2.48. The minimum atomic E-state index is -0.0436. The van der Waals surface area contributed by atoms with Crippen LogP contribution in [0.3, 0.4) is 0 Å². The fourth-order valence-electron chi connectivity index (χ4n) is 5.61. The van der Waals surface area contributed by atoms with Gasteiger partial charge in [-0.05, 0) is 68.6 Å². The monoisotopic (exact) mass is 265 g/mol. The van der Waals surface area contributed by atoms with Crippen LogP contribution >= 0.6 is 0 Å². The Morgan fingerprint density at radius 3 is 2.47 bits per heavy atom. The molecule has 3 heteroatoms. The highest BCUT2D eigenvalue weighted by Crippen LogP contribution is 2.65. The van der Waals surface area contributed by atoms with E-state index in [9.17, 15) is 4.79 Å². The summed E-state index contributed by atoms with van der Waals surface area (Å²) < 4.78 is 0. The number of hydrogen-bond donors (Lipinski definition) is 2. The van der Waals surface area contributed by atoms with Crippen molar-refractivity contribution in [2.24, 2.45) is 22.7 Å². The number of aliphatic hydroxyl groups is 1. The highest BCUT2D eigenvalue weighted by molar-refractivity contribution is 5.83. The van der Waals surface area contributed by atoms with Gasteiger partial charge in [0.1, 0.15) is 0 Å². The Hall–Kier alpha value is -0.570. The molecular formula is C16H27NO2. The lowest BCUT2D eigenvalue weighted by atomic mass is 9.44. The summed E-state index contributed by atoms with van der Waals surface area (Å²) in [6, 6.07) is 0. The Kier molecular flexibility index (Phi) is 3.36. The molecule has 2 N–H and O–H groups in total. The lowest BCUT2D eigenvalue weighted by Gasteiger charge is -2.60. The molecule has 0 saturated heterocycles. The van der Waals surface area contributed by atoms with E-state index in [4.69, 9.17) is 5.11 Å². The van der Waals surface area contributed by atoms with Crippen molar-refractivity contribution in [2.75, 3.05) is 13.2 Å². The molecule has 4 saturated carbocycles. The third-order valence-electron chi connectivity index (χ3n) is 5.71. The van der Waals surface area contributed by atoms with Crippen LogP contribution in [-0.2, 0) is 4.79 Å². The zero-order valence-electron chi connectivity index (χ0n) is 12.1. The molecule has 108 valence electrons. The molecule has 0 heterocycles. The number of carbonyl (C=O) groups excluding carboxylic acids is 1. The van der Waals surface area contributed by atoms with Crippen molar-refractivity contribution in [3.63, 3.8) is 0 Å². The quantitative estimate of drug-likeness (QED) is 0.750. The van der Waals surface area contributed by atoms with Crippen molar-refractivity contribution in [1.29, 1.82) is 0 Å². The van der Waals surface area contributed by atoms with E-state index in [1.54, 1.807) is 0 Å². The fourth-order valence-corrected chi connectivity index (χ4v) is 5.61. The normalized spacial score (nSPS) is 43.5. The maximum atomic E-state index is 12.6. The minimum absolute atomic E-state index is 0.0436. The molecule has 4 aliphatic rings. The molecule has 0 aromatic heterocycles. The van der Waals surface area contributed by atoms with Crippen molar-refractivity contribution in [2.45, 2.75) is 58.3 Å². The Morgan fingerprint density at radius 2 is 1.89 bits per heavy atom. The third kappa shape index (κ3) is 2.42. The van der Waals surface area contributed by atoms with Gasteiger partial charge >= 0.3 is 0 Å². The number of rotatable bonds is 5. The van der Waals surface area contributed by atoms with E-state index in [-0.39, 0.29) is 12.0 Å². The standard InChI is InChI=1S/C16H27NO2/c1-15-7-12-6-13(8-15)10-16(9-12,11-15)14(19)17-4-2-3-5-18/h12-13,18H,2-11H2,1H3,(H,17,19). The zero-order valence-corrected chi connectivity index (χ0v) is 12.1. The van der Waals surface area contributed by atoms with Crippen LogP contribution in [0.1, 0.15) is 58.3 Å². The lowest BCUT2D eigenvalue weighted by molar-refractivity contribution is -0.155. The summed E-state index contributed by atoms with van der Waals surface area (Å²) in [6.07, 6.45) is 9.12. The van der Waals surface area contributed by atoms with E-state index in [0.29, 0.717) is 11.3 Å². The summed E-state index contributed by atoms with van der Waals surface area (Å²) >= 11 is 0. The van der Waals surface area contributed by atoms with Crippen LogP contribution in [0.4, 0.5) is 0 Å². The van der Waals surface area contributed by atoms with E-state index in [2.05, 4.69) is 12.2 Å². The first kappa shape index (κ1) is 13.4. The second-order valence-corrected chi connectivity index (χ2v) is 7.74. The molecule has 4 bridgehead atoms. The average molecular weight is 265 g/mol. The second kappa shape index (κ2) is 4.76. The van der Waals surface area contributed by atoms with Crippen molar-refractivity contribution >= 4 is 5.91 Å². The molecular weight excluding hydrogens is 238 g/mol. The Morgan fingerprint density at radius 1 is 1.21 bits per heavy atom. The van der Waals surface area contributed by atoms with Crippen LogP contribution in [-0.4, -0.2) is 24.2 Å². The van der Waals surface area contributed by atoms with Crippen LogP contribution in [0.15, 0.2) is 0 Å². The molecule has 0 aliphatic heterocycles. The van der Waals surface area contributed by atoms with E-state index in [1.807, 2.05) is 0 Å². The summed E-state index contributed by atoms with van der Waals surface area (Å²) in [7, 11) is 0. The first-order chi connectivity index (χ1) is 9.05. The van der Waals surface area contributed by atoms with Gasteiger partial charge in [-0.3, -0.25) is 4.79 Å². The maximum absolute atomic E-state index is 12.6. The topological polar surface area (TPSA) is 49.3 Å². The van der Waals surface area contributed by atoms with Gasteiger partial charge in [-0.1, -0.05) is 6.92 Å². The van der Waals surface area contributed by atoms with Gasteiger partial charge in [-0.25, -0.2) is 0 Å². The summed E-state index contributed by atoms with van der Waals surface area (Å²) in [5, 5.41) is 11.9. The molecule has 2 unspecified atom stereocenters. The molecule has 4 rings (SSSR count). The number of nitrogens with one attached hydrogen (secondary N) is 1. The molecule has 0 radical (unpaired) electrons. The van der Waals surface area contributed by atoms with Gasteiger partial charge in [-0.15, -0.1) is 0 Å². The van der Waals surface area contributed by atoms with Gasteiger partial charge in [0, 0.05) is 13.2 Å². The fraction of sp³-hybridized carbons (Fsp3) is 0.938. The number of unbranched alkanes of at least 4 members (excludes halogenated alkanes) is 1. The molecule has 0 aromatic carbocycles. The number of amides is 1. The summed E-state index contributed by atoms with van der Waals surface area (Å²) in [6.45, 7) is 3.36. The average Bonchev–Trinajstić information content (AvgIpc) is 2.31. The van der Waals surface area contributed by atoms with Gasteiger partial charge in [0.15, 0.2) is 0 Å². The highest BCUT2D eigenvalue weighted by atomic mass is 16.2. The zero-order chi connectivity index (χ0) is 13.5. The summed E-state index contributed by atoms with van der Waals surface area (Å²) in [5.74, 6) is 1.91. The molecule has 4 fully saturated rings. The number of hydrogen-bond acceptors (Lipinski definition) is 2. The Labute approximate surface area is 116 Å². The first-order valence-corrected chi connectivity index (χ1v) is 7.94. The van der Waals surface area contributed by atoms with E-state index < -0.39 is 0 Å². The van der Waals surface area contributed by atoms with Gasteiger partial charge in [-0.2, -0.15) is 0 Å². The van der Waals surface area contributed by atoms with Gasteiger partial charge < -0.3 is 10.4 Å². The maximum Gasteiger partial charge on any atom is 0.226 e. The van der Waals surface area contributed by atoms with Crippen LogP contribution < -0.4 is 5.32 Å². The van der Waals surface area contributed by atoms with Gasteiger partial charge in [0.25, 0.3) is 0 Å². The van der Waals surface area contributed by atoms with E-state index >= 15 is 0 Å². The Balaban J connectivity index is 1.64. The molecule has 19 heavy (non-hydrogen) atoms. The minimum Gasteiger partial charge on any atom is -0.396 e. The number of carbonyl (C=O) groups is 1. The van der Waals surface area contributed by atoms with Crippen molar-refractivity contribution in [3.05, 3.63) is 0 Å². The SMILES string of the molecule is CC12CC3CC(C1)CC(C(=O)NCCCCO)(C3)C2. The third-order valence-corrected chi connectivity index (χ3v) is 5.71. The highest BCUT2D eigenvalue weighted by Gasteiger charge is 2.58. The van der Waals surface area contributed by atoms with E-state index in [1.165, 1.54) is 19.3 Å². The summed E-state index contributed by atoms with van der Waals surface area (Å²) in [4.78, 5) is 12.6. The second-order valence-electron chi connectivity index (χ2n) is 7.74. The molecule has 0 aromatic rings. The van der Waals surface area contributed by atoms with Gasteiger partial charge in [0.2, 0.25) is 5.91 Å². The van der Waals surface area contributed by atoms with Crippen molar-refractivity contribution in [3.8, 4) is 0 Å². The van der Waals surface area contributed by atoms with Crippen LogP contribution in [0, 0.1) is 22.7 Å². The molecule has 4 aliphatic carbocycles. The number of aliphatic hydroxyl groups excluding tert-OH is 1. The molecule has 2 atom stereocenters. The molecule has 3 nitrogen and oxygen atoms in total. The largest absolute Gasteiger partial charge is 0.396 e. The van der Waals surface area contributed by atoms with E-state index in [0.717, 1.165) is 50.5 Å². The molecule has 0 spiro atoms. The smallest absolute Gasteiger partial charge is 0.226 e. The summed E-state index contributed by atoms with van der Waals surface area (Å²) in [5.41, 5.74) is 0.393. The first-order valence-electron chi connectivity index (χ1n) is 7.94. The predicted molar refractivity (Wildman–Crippen MR) is 74.6 cm³/mol. The van der Waals surface area contributed by atoms with Crippen LogP contribution in [0.25, 0.3) is 0 Å². The van der Waals surface area contributed by atoms with Crippen LogP contribution in [0.5, 0.6) is 0 Å². The molecule has 1 amide bonds.